The number of aliphatic carboxylic acids is 1. The normalized spacial score (nSPS) is 14.2. The molecule has 2 N–H and O–H groups in total. The molecule has 0 aliphatic rings. The number of rotatable bonds is 22. The van der Waals surface area contributed by atoms with E-state index in [1.54, 1.807) is 0 Å². The molecule has 1 aromatic rings. The van der Waals surface area contributed by atoms with Crippen LogP contribution in [0.15, 0.2) is 30.3 Å². The highest BCUT2D eigenvalue weighted by Crippen LogP contribution is 2.25. The third-order valence-corrected chi connectivity index (χ3v) is 6.68. The summed E-state index contributed by atoms with van der Waals surface area (Å²) in [6, 6.07) is 10.1. The summed E-state index contributed by atoms with van der Waals surface area (Å²) in [6.45, 7) is 4.91. The lowest BCUT2D eigenvalue weighted by atomic mass is 9.89. The molecule has 33 heavy (non-hydrogen) atoms. The Morgan fingerprint density at radius 2 is 1.33 bits per heavy atom. The van der Waals surface area contributed by atoms with Crippen molar-refractivity contribution in [3.63, 3.8) is 0 Å². The zero-order chi connectivity index (χ0) is 24.2. The van der Waals surface area contributed by atoms with Gasteiger partial charge in [0.25, 0.3) is 0 Å². The molecule has 4 heteroatoms. The zero-order valence-electron chi connectivity index (χ0n) is 21.4. The van der Waals surface area contributed by atoms with Crippen molar-refractivity contribution < 1.29 is 19.7 Å². The number of carbonyl (C=O) groups is 1. The second-order valence-corrected chi connectivity index (χ2v) is 9.72. The topological polar surface area (TPSA) is 66.8 Å². The maximum absolute atomic E-state index is 11.8. The molecule has 0 radical (unpaired) electrons. The smallest absolute Gasteiger partial charge is 0.335 e. The summed E-state index contributed by atoms with van der Waals surface area (Å²) in [4.78, 5) is 11.8. The van der Waals surface area contributed by atoms with E-state index in [-0.39, 0.29) is 12.5 Å². The Hall–Kier alpha value is -1.39. The lowest BCUT2D eigenvalue weighted by Gasteiger charge is -2.26. The van der Waals surface area contributed by atoms with E-state index in [2.05, 4.69) is 26.0 Å². The number of unbranched alkanes of at least 4 members (excludes halogenated alkanes) is 11. The van der Waals surface area contributed by atoms with Gasteiger partial charge in [0.1, 0.15) is 0 Å². The third kappa shape index (κ3) is 14.5. The molecular weight excluding hydrogens is 412 g/mol. The van der Waals surface area contributed by atoms with Gasteiger partial charge in [-0.3, -0.25) is 0 Å². The van der Waals surface area contributed by atoms with Crippen molar-refractivity contribution in [2.75, 3.05) is 0 Å². The monoisotopic (exact) mass is 462 g/mol. The number of ether oxygens (including phenoxy) is 1. The van der Waals surface area contributed by atoms with Gasteiger partial charge in [0.2, 0.25) is 0 Å². The summed E-state index contributed by atoms with van der Waals surface area (Å²) in [5.41, 5.74) is -0.511. The van der Waals surface area contributed by atoms with Crippen molar-refractivity contribution in [1.29, 1.82) is 0 Å². The second-order valence-electron chi connectivity index (χ2n) is 9.72. The van der Waals surface area contributed by atoms with Crippen LogP contribution in [0.4, 0.5) is 0 Å². The van der Waals surface area contributed by atoms with Crippen LogP contribution in [-0.4, -0.2) is 27.9 Å². The summed E-state index contributed by atoms with van der Waals surface area (Å²) in [5, 5.41) is 20.5. The molecule has 0 aromatic heterocycles. The first-order chi connectivity index (χ1) is 16.0. The van der Waals surface area contributed by atoms with Crippen LogP contribution in [0.1, 0.15) is 129 Å². The summed E-state index contributed by atoms with van der Waals surface area (Å²) in [5.74, 6) is -1.09. The van der Waals surface area contributed by atoms with Crippen LogP contribution < -0.4 is 0 Å². The molecule has 0 unspecified atom stereocenters. The van der Waals surface area contributed by atoms with E-state index in [0.717, 1.165) is 44.1 Å². The highest BCUT2D eigenvalue weighted by Gasteiger charge is 2.35. The Morgan fingerprint density at radius 1 is 0.788 bits per heavy atom. The molecule has 0 spiro atoms. The molecule has 0 aliphatic carbocycles. The van der Waals surface area contributed by atoms with Gasteiger partial charge in [-0.1, -0.05) is 121 Å². The van der Waals surface area contributed by atoms with Crippen LogP contribution in [0.5, 0.6) is 0 Å². The van der Waals surface area contributed by atoms with E-state index in [4.69, 9.17) is 4.74 Å². The molecule has 0 bridgehead atoms. The van der Waals surface area contributed by atoms with Crippen molar-refractivity contribution in [3.8, 4) is 0 Å². The van der Waals surface area contributed by atoms with Gasteiger partial charge in [-0.05, 0) is 37.7 Å². The molecule has 4 nitrogen and oxygen atoms in total. The van der Waals surface area contributed by atoms with Gasteiger partial charge in [-0.25, -0.2) is 4.79 Å². The maximum atomic E-state index is 11.8. The molecule has 0 saturated heterocycles. The van der Waals surface area contributed by atoms with E-state index in [0.29, 0.717) is 19.4 Å². The van der Waals surface area contributed by atoms with Crippen LogP contribution >= 0.6 is 0 Å². The Balaban J connectivity index is 2.48. The molecular formula is C29H50O4. The molecule has 1 rings (SSSR count). The lowest BCUT2D eigenvalue weighted by Crippen LogP contribution is -2.39. The fourth-order valence-corrected chi connectivity index (χ4v) is 4.36. The summed E-state index contributed by atoms with van der Waals surface area (Å²) < 4.78 is 6.21. The van der Waals surface area contributed by atoms with Crippen LogP contribution in [0.2, 0.25) is 0 Å². The van der Waals surface area contributed by atoms with Crippen molar-refractivity contribution in [3.05, 3.63) is 35.9 Å². The first-order valence-corrected chi connectivity index (χ1v) is 13.6. The molecule has 0 amide bonds. The number of carboxylic acid groups (broad SMARTS) is 1. The van der Waals surface area contributed by atoms with Crippen LogP contribution in [0.25, 0.3) is 0 Å². The molecule has 0 fully saturated rings. The quantitative estimate of drug-likeness (QED) is 0.171. The average Bonchev–Trinajstić information content (AvgIpc) is 2.82. The summed E-state index contributed by atoms with van der Waals surface area (Å²) in [6.07, 6.45) is 17.5. The van der Waals surface area contributed by atoms with Gasteiger partial charge in [0.05, 0.1) is 12.7 Å². The highest BCUT2D eigenvalue weighted by molar-refractivity contribution is 5.76. The Morgan fingerprint density at radius 3 is 1.91 bits per heavy atom. The molecule has 2 atom stereocenters. The van der Waals surface area contributed by atoms with Gasteiger partial charge in [-0.2, -0.15) is 0 Å². The van der Waals surface area contributed by atoms with Crippen molar-refractivity contribution in [1.82, 2.24) is 0 Å². The zero-order valence-corrected chi connectivity index (χ0v) is 21.4. The van der Waals surface area contributed by atoms with Gasteiger partial charge in [0, 0.05) is 0 Å². The van der Waals surface area contributed by atoms with E-state index >= 15 is 0 Å². The summed E-state index contributed by atoms with van der Waals surface area (Å²) >= 11 is 0. The number of hydrogen-bond donors (Lipinski definition) is 2. The molecule has 190 valence electrons. The molecule has 0 aliphatic heterocycles. The number of carboxylic acids is 1. The van der Waals surface area contributed by atoms with E-state index in [1.807, 2.05) is 18.2 Å². The minimum absolute atomic E-state index is 0.0173. The largest absolute Gasteiger partial charge is 0.479 e. The fourth-order valence-electron chi connectivity index (χ4n) is 4.36. The molecule has 0 heterocycles. The van der Waals surface area contributed by atoms with E-state index in [9.17, 15) is 15.0 Å². The van der Waals surface area contributed by atoms with Crippen LogP contribution in [-0.2, 0) is 16.1 Å². The third-order valence-electron chi connectivity index (χ3n) is 6.68. The predicted molar refractivity (Wildman–Crippen MR) is 137 cm³/mol. The van der Waals surface area contributed by atoms with Gasteiger partial charge in [0.15, 0.2) is 5.60 Å². The maximum Gasteiger partial charge on any atom is 0.335 e. The van der Waals surface area contributed by atoms with Crippen molar-refractivity contribution in [2.45, 2.75) is 141 Å². The number of benzene rings is 1. The standard InChI is InChI=1S/C29H50O4/c1-3-5-7-9-10-11-12-13-17-21-27(33-25-26-19-15-14-16-20-26)22-24-29(32,28(30)31)23-18-8-6-4-2/h14-16,19-20,27,32H,3-13,17-18,21-25H2,1-2H3,(H,30,31)/t27-,29+/m1/s1. The Labute approximate surface area is 203 Å². The van der Waals surface area contributed by atoms with Crippen molar-refractivity contribution in [2.24, 2.45) is 0 Å². The van der Waals surface area contributed by atoms with Crippen molar-refractivity contribution >= 4 is 5.97 Å². The minimum Gasteiger partial charge on any atom is -0.479 e. The minimum atomic E-state index is -1.64. The average molecular weight is 463 g/mol. The lowest BCUT2D eigenvalue weighted by molar-refractivity contribution is -0.161. The summed E-state index contributed by atoms with van der Waals surface area (Å²) in [7, 11) is 0. The Bertz CT molecular complexity index is 589. The van der Waals surface area contributed by atoms with Crippen LogP contribution in [0.3, 0.4) is 0 Å². The van der Waals surface area contributed by atoms with Crippen LogP contribution in [0, 0.1) is 0 Å². The first kappa shape index (κ1) is 29.6. The Kier molecular flexibility index (Phi) is 17.0. The highest BCUT2D eigenvalue weighted by atomic mass is 16.5. The van der Waals surface area contributed by atoms with Gasteiger partial charge < -0.3 is 14.9 Å². The van der Waals surface area contributed by atoms with E-state index in [1.165, 1.54) is 51.4 Å². The SMILES string of the molecule is CCCCCCCCCCC[C@H](CC[C@@](O)(CCCCCC)C(=O)O)OCc1ccccc1. The number of hydrogen-bond acceptors (Lipinski definition) is 3. The van der Waals surface area contributed by atoms with Gasteiger partial charge in [-0.15, -0.1) is 0 Å². The van der Waals surface area contributed by atoms with E-state index < -0.39 is 11.6 Å². The molecule has 1 aromatic carbocycles. The second kappa shape index (κ2) is 19.0. The predicted octanol–water partition coefficient (Wildman–Crippen LogP) is 8.06. The fraction of sp³-hybridized carbons (Fsp3) is 0.759. The first-order valence-electron chi connectivity index (χ1n) is 13.6. The number of aliphatic hydroxyl groups is 1. The molecule has 0 saturated carbocycles. The van der Waals surface area contributed by atoms with Gasteiger partial charge >= 0.3 is 5.97 Å².